The highest BCUT2D eigenvalue weighted by molar-refractivity contribution is 5.88. The molecule has 0 amide bonds. The number of rotatable bonds is 6. The van der Waals surface area contributed by atoms with Gasteiger partial charge in [0.1, 0.15) is 11.5 Å². The number of benzene rings is 3. The van der Waals surface area contributed by atoms with Gasteiger partial charge in [0.25, 0.3) is 0 Å². The van der Waals surface area contributed by atoms with Gasteiger partial charge in [0.15, 0.2) is 0 Å². The molecule has 3 heteroatoms. The number of methoxy groups -OCH3 is 2. The summed E-state index contributed by atoms with van der Waals surface area (Å²) in [5.74, 6) is 1.84. The van der Waals surface area contributed by atoms with Crippen LogP contribution in [-0.4, -0.2) is 14.2 Å². The molecule has 1 atom stereocenters. The molecule has 0 fully saturated rings. The fraction of sp³-hybridized carbons (Fsp3) is 0.273. The van der Waals surface area contributed by atoms with Crippen molar-refractivity contribution in [1.29, 1.82) is 0 Å². The third-order valence-corrected chi connectivity index (χ3v) is 4.66. The predicted molar refractivity (Wildman–Crippen MR) is 103 cm³/mol. The molecule has 0 bridgehead atoms. The first-order chi connectivity index (χ1) is 12.1. The SMILES string of the molecule is COc1ccc(CNC(C)c2c(OC)ccc3ccccc23)cc1C. The van der Waals surface area contributed by atoms with Gasteiger partial charge in [-0.2, -0.15) is 0 Å². The van der Waals surface area contributed by atoms with Crippen LogP contribution < -0.4 is 14.8 Å². The number of hydrogen-bond donors (Lipinski definition) is 1. The summed E-state index contributed by atoms with van der Waals surface area (Å²) in [5, 5.41) is 6.08. The summed E-state index contributed by atoms with van der Waals surface area (Å²) in [7, 11) is 3.43. The molecule has 0 aliphatic heterocycles. The first-order valence-electron chi connectivity index (χ1n) is 8.56. The van der Waals surface area contributed by atoms with Crippen LogP contribution >= 0.6 is 0 Å². The standard InChI is InChI=1S/C22H25NO2/c1-15-13-17(9-11-20(15)24-3)14-23-16(2)22-19-8-6-5-7-18(19)10-12-21(22)25-4/h5-13,16,23H,14H2,1-4H3. The Bertz CT molecular complexity index is 873. The molecule has 3 nitrogen and oxygen atoms in total. The number of aryl methyl sites for hydroxylation is 1. The predicted octanol–water partition coefficient (Wildman–Crippen LogP) is 5.02. The molecular formula is C22H25NO2. The Kier molecular flexibility index (Phi) is 5.25. The van der Waals surface area contributed by atoms with Gasteiger partial charge in [-0.3, -0.25) is 0 Å². The first-order valence-corrected chi connectivity index (χ1v) is 8.56. The minimum atomic E-state index is 0.170. The fourth-order valence-corrected chi connectivity index (χ4v) is 3.32. The summed E-state index contributed by atoms with van der Waals surface area (Å²) in [5.41, 5.74) is 3.59. The quantitative estimate of drug-likeness (QED) is 0.686. The van der Waals surface area contributed by atoms with Crippen molar-refractivity contribution < 1.29 is 9.47 Å². The van der Waals surface area contributed by atoms with Gasteiger partial charge in [0.05, 0.1) is 14.2 Å². The minimum Gasteiger partial charge on any atom is -0.496 e. The van der Waals surface area contributed by atoms with Crippen LogP contribution in [0.15, 0.2) is 54.6 Å². The van der Waals surface area contributed by atoms with Gasteiger partial charge in [0, 0.05) is 18.2 Å². The fourth-order valence-electron chi connectivity index (χ4n) is 3.32. The van der Waals surface area contributed by atoms with E-state index < -0.39 is 0 Å². The van der Waals surface area contributed by atoms with E-state index in [1.165, 1.54) is 21.9 Å². The van der Waals surface area contributed by atoms with E-state index in [0.717, 1.165) is 23.6 Å². The largest absolute Gasteiger partial charge is 0.496 e. The normalized spacial score (nSPS) is 12.2. The molecular weight excluding hydrogens is 310 g/mol. The van der Waals surface area contributed by atoms with Crippen LogP contribution in [0.25, 0.3) is 10.8 Å². The Morgan fingerprint density at radius 3 is 2.36 bits per heavy atom. The van der Waals surface area contributed by atoms with E-state index >= 15 is 0 Å². The minimum absolute atomic E-state index is 0.170. The van der Waals surface area contributed by atoms with Gasteiger partial charge in [-0.1, -0.05) is 42.5 Å². The van der Waals surface area contributed by atoms with Crippen LogP contribution in [0.3, 0.4) is 0 Å². The molecule has 0 spiro atoms. The molecule has 0 heterocycles. The van der Waals surface area contributed by atoms with Gasteiger partial charge in [-0.25, -0.2) is 0 Å². The van der Waals surface area contributed by atoms with Crippen molar-refractivity contribution >= 4 is 10.8 Å². The van der Waals surface area contributed by atoms with E-state index in [1.807, 2.05) is 12.1 Å². The van der Waals surface area contributed by atoms with Gasteiger partial charge < -0.3 is 14.8 Å². The van der Waals surface area contributed by atoms with E-state index in [0.29, 0.717) is 0 Å². The molecule has 3 aromatic rings. The molecule has 0 saturated heterocycles. The van der Waals surface area contributed by atoms with Gasteiger partial charge >= 0.3 is 0 Å². The van der Waals surface area contributed by atoms with E-state index in [1.54, 1.807) is 14.2 Å². The van der Waals surface area contributed by atoms with Gasteiger partial charge in [-0.15, -0.1) is 0 Å². The third-order valence-electron chi connectivity index (χ3n) is 4.66. The van der Waals surface area contributed by atoms with Crippen molar-refractivity contribution in [3.8, 4) is 11.5 Å². The Balaban J connectivity index is 1.85. The molecule has 1 N–H and O–H groups in total. The Hall–Kier alpha value is -2.52. The topological polar surface area (TPSA) is 30.5 Å². The number of fused-ring (bicyclic) bond motifs is 1. The monoisotopic (exact) mass is 335 g/mol. The van der Waals surface area contributed by atoms with Crippen molar-refractivity contribution in [2.45, 2.75) is 26.4 Å². The smallest absolute Gasteiger partial charge is 0.124 e. The molecule has 0 aliphatic rings. The summed E-state index contributed by atoms with van der Waals surface area (Å²) in [6, 6.07) is 19.1. The lowest BCUT2D eigenvalue weighted by atomic mass is 9.98. The summed E-state index contributed by atoms with van der Waals surface area (Å²) >= 11 is 0. The lowest BCUT2D eigenvalue weighted by molar-refractivity contribution is 0.402. The molecule has 130 valence electrons. The number of ether oxygens (including phenoxy) is 2. The highest BCUT2D eigenvalue weighted by atomic mass is 16.5. The lowest BCUT2D eigenvalue weighted by Crippen LogP contribution is -2.19. The second-order valence-corrected chi connectivity index (χ2v) is 6.31. The van der Waals surface area contributed by atoms with Crippen LogP contribution in [-0.2, 0) is 6.54 Å². The Labute approximate surface area is 149 Å². The maximum Gasteiger partial charge on any atom is 0.124 e. The molecule has 0 aliphatic carbocycles. The van der Waals surface area contributed by atoms with E-state index in [2.05, 4.69) is 61.6 Å². The van der Waals surface area contributed by atoms with E-state index in [9.17, 15) is 0 Å². The third kappa shape index (κ3) is 3.62. The highest BCUT2D eigenvalue weighted by Gasteiger charge is 2.15. The van der Waals surface area contributed by atoms with Crippen LogP contribution in [0.2, 0.25) is 0 Å². The maximum atomic E-state index is 5.62. The molecule has 0 radical (unpaired) electrons. The van der Waals surface area contributed by atoms with Crippen molar-refractivity contribution in [3.05, 3.63) is 71.3 Å². The van der Waals surface area contributed by atoms with Crippen molar-refractivity contribution in [3.63, 3.8) is 0 Å². The number of nitrogens with one attached hydrogen (secondary N) is 1. The molecule has 3 aromatic carbocycles. The zero-order chi connectivity index (χ0) is 17.8. The van der Waals surface area contributed by atoms with E-state index in [-0.39, 0.29) is 6.04 Å². The Morgan fingerprint density at radius 1 is 0.920 bits per heavy atom. The second-order valence-electron chi connectivity index (χ2n) is 6.31. The summed E-state index contributed by atoms with van der Waals surface area (Å²) < 4.78 is 11.0. The van der Waals surface area contributed by atoms with Crippen LogP contribution in [0.1, 0.15) is 29.7 Å². The zero-order valence-electron chi connectivity index (χ0n) is 15.3. The second kappa shape index (κ2) is 7.58. The lowest BCUT2D eigenvalue weighted by Gasteiger charge is -2.20. The molecule has 0 saturated carbocycles. The van der Waals surface area contributed by atoms with Gasteiger partial charge in [0.2, 0.25) is 0 Å². The molecule has 3 rings (SSSR count). The van der Waals surface area contributed by atoms with Crippen molar-refractivity contribution in [1.82, 2.24) is 5.32 Å². The first kappa shape index (κ1) is 17.3. The van der Waals surface area contributed by atoms with Gasteiger partial charge in [-0.05, 0) is 47.9 Å². The maximum absolute atomic E-state index is 5.62. The van der Waals surface area contributed by atoms with Crippen molar-refractivity contribution in [2.24, 2.45) is 0 Å². The van der Waals surface area contributed by atoms with Crippen molar-refractivity contribution in [2.75, 3.05) is 14.2 Å². The van der Waals surface area contributed by atoms with Crippen LogP contribution in [0.4, 0.5) is 0 Å². The molecule has 0 aromatic heterocycles. The summed E-state index contributed by atoms with van der Waals surface area (Å²) in [4.78, 5) is 0. The van der Waals surface area contributed by atoms with Crippen LogP contribution in [0, 0.1) is 6.92 Å². The Morgan fingerprint density at radius 2 is 1.64 bits per heavy atom. The number of hydrogen-bond acceptors (Lipinski definition) is 3. The summed E-state index contributed by atoms with van der Waals surface area (Å²) in [6.45, 7) is 5.04. The highest BCUT2D eigenvalue weighted by Crippen LogP contribution is 2.33. The average Bonchev–Trinajstić information content (AvgIpc) is 2.65. The van der Waals surface area contributed by atoms with Crippen LogP contribution in [0.5, 0.6) is 11.5 Å². The molecule has 1 unspecified atom stereocenters. The summed E-state index contributed by atoms with van der Waals surface area (Å²) in [6.07, 6.45) is 0. The molecule has 25 heavy (non-hydrogen) atoms. The average molecular weight is 335 g/mol. The van der Waals surface area contributed by atoms with E-state index in [4.69, 9.17) is 9.47 Å². The zero-order valence-corrected chi connectivity index (χ0v) is 15.3.